The van der Waals surface area contributed by atoms with E-state index in [0.29, 0.717) is 5.65 Å². The fraction of sp³-hybridized carbons (Fsp3) is 0. The zero-order chi connectivity index (χ0) is 18.5. The number of fused-ring (bicyclic) bond motifs is 4. The molecule has 0 saturated carbocycles. The standard InChI is InChI=1S/C23H14N4S/c1-2-7-15(8-3-1)27-22(26-21-23(27)25-14-13-24-21)18-11-6-10-17-16-9-4-5-12-19(16)28-20(17)18/h1-14H. The topological polar surface area (TPSA) is 43.6 Å². The zero-order valence-electron chi connectivity index (χ0n) is 14.8. The molecule has 132 valence electrons. The van der Waals surface area contributed by atoms with Gasteiger partial charge in [0.05, 0.1) is 0 Å². The van der Waals surface area contributed by atoms with Gasteiger partial charge in [0.1, 0.15) is 5.82 Å². The minimum Gasteiger partial charge on any atom is -0.275 e. The predicted molar refractivity (Wildman–Crippen MR) is 115 cm³/mol. The van der Waals surface area contributed by atoms with Crippen LogP contribution in [0.4, 0.5) is 0 Å². The highest BCUT2D eigenvalue weighted by Crippen LogP contribution is 2.40. The third-order valence-electron chi connectivity index (χ3n) is 4.96. The summed E-state index contributed by atoms with van der Waals surface area (Å²) in [5.41, 5.74) is 3.54. The Morgan fingerprint density at radius 1 is 0.714 bits per heavy atom. The van der Waals surface area contributed by atoms with Crippen molar-refractivity contribution in [3.05, 3.63) is 85.2 Å². The van der Waals surface area contributed by atoms with Crippen molar-refractivity contribution in [2.75, 3.05) is 0 Å². The van der Waals surface area contributed by atoms with E-state index >= 15 is 0 Å². The molecule has 3 heterocycles. The van der Waals surface area contributed by atoms with Gasteiger partial charge in [0.25, 0.3) is 0 Å². The molecule has 4 nitrogen and oxygen atoms in total. The normalized spacial score (nSPS) is 11.6. The van der Waals surface area contributed by atoms with E-state index in [0.717, 1.165) is 22.7 Å². The summed E-state index contributed by atoms with van der Waals surface area (Å²) < 4.78 is 4.61. The first-order valence-corrected chi connectivity index (χ1v) is 9.87. The monoisotopic (exact) mass is 378 g/mol. The summed E-state index contributed by atoms with van der Waals surface area (Å²) in [5, 5.41) is 2.54. The van der Waals surface area contributed by atoms with Crippen molar-refractivity contribution < 1.29 is 0 Å². The van der Waals surface area contributed by atoms with Crippen LogP contribution >= 0.6 is 11.3 Å². The van der Waals surface area contributed by atoms with Gasteiger partial charge in [-0.25, -0.2) is 15.0 Å². The number of para-hydroxylation sites is 1. The number of hydrogen-bond donors (Lipinski definition) is 0. The maximum absolute atomic E-state index is 4.88. The van der Waals surface area contributed by atoms with Crippen LogP contribution in [0.15, 0.2) is 85.2 Å². The summed E-state index contributed by atoms with van der Waals surface area (Å²) >= 11 is 1.80. The predicted octanol–water partition coefficient (Wildman–Crippen LogP) is 5.85. The molecule has 0 spiro atoms. The van der Waals surface area contributed by atoms with E-state index in [1.54, 1.807) is 23.7 Å². The van der Waals surface area contributed by atoms with Crippen molar-refractivity contribution in [1.82, 2.24) is 19.5 Å². The van der Waals surface area contributed by atoms with Gasteiger partial charge in [-0.15, -0.1) is 11.3 Å². The van der Waals surface area contributed by atoms with E-state index in [1.807, 2.05) is 18.2 Å². The molecule has 0 bridgehead atoms. The highest BCUT2D eigenvalue weighted by molar-refractivity contribution is 7.26. The molecule has 0 N–H and O–H groups in total. The molecule has 6 rings (SSSR count). The molecule has 0 amide bonds. The summed E-state index contributed by atoms with van der Waals surface area (Å²) in [7, 11) is 0. The first-order chi connectivity index (χ1) is 13.9. The average Bonchev–Trinajstić information content (AvgIpc) is 3.33. The van der Waals surface area contributed by atoms with E-state index in [2.05, 4.69) is 69.1 Å². The van der Waals surface area contributed by atoms with Crippen LogP contribution in [0, 0.1) is 0 Å². The molecule has 28 heavy (non-hydrogen) atoms. The average molecular weight is 378 g/mol. The molecular weight excluding hydrogens is 364 g/mol. The Kier molecular flexibility index (Phi) is 3.30. The molecule has 0 aliphatic carbocycles. The first kappa shape index (κ1) is 15.5. The molecule has 0 fully saturated rings. The molecule has 0 saturated heterocycles. The third kappa shape index (κ3) is 2.20. The zero-order valence-corrected chi connectivity index (χ0v) is 15.6. The van der Waals surface area contributed by atoms with Crippen LogP contribution in [0.3, 0.4) is 0 Å². The van der Waals surface area contributed by atoms with E-state index in [9.17, 15) is 0 Å². The largest absolute Gasteiger partial charge is 0.275 e. The minimum absolute atomic E-state index is 0.652. The second-order valence-electron chi connectivity index (χ2n) is 6.59. The molecule has 5 heteroatoms. The second-order valence-corrected chi connectivity index (χ2v) is 7.64. The summed E-state index contributed by atoms with van der Waals surface area (Å²) in [6.45, 7) is 0. The molecule has 6 aromatic rings. The summed E-state index contributed by atoms with van der Waals surface area (Å²) in [5.74, 6) is 0.865. The van der Waals surface area contributed by atoms with Gasteiger partial charge in [-0.05, 0) is 24.3 Å². The summed E-state index contributed by atoms with van der Waals surface area (Å²) in [6, 6.07) is 25.2. The van der Waals surface area contributed by atoms with E-state index in [4.69, 9.17) is 4.98 Å². The second kappa shape index (κ2) is 5.97. The number of thiophene rings is 1. The van der Waals surface area contributed by atoms with E-state index in [1.165, 1.54) is 20.2 Å². The number of hydrogen-bond acceptors (Lipinski definition) is 4. The quantitative estimate of drug-likeness (QED) is 0.379. The highest BCUT2D eigenvalue weighted by atomic mass is 32.1. The molecule has 0 atom stereocenters. The lowest BCUT2D eigenvalue weighted by molar-refractivity contribution is 1.08. The smallest absolute Gasteiger partial charge is 0.198 e. The van der Waals surface area contributed by atoms with E-state index < -0.39 is 0 Å². The molecular formula is C23H14N4S. The summed E-state index contributed by atoms with van der Waals surface area (Å²) in [6.07, 6.45) is 3.40. The highest BCUT2D eigenvalue weighted by Gasteiger charge is 2.19. The van der Waals surface area contributed by atoms with Gasteiger partial charge in [-0.1, -0.05) is 48.5 Å². The van der Waals surface area contributed by atoms with Crippen LogP contribution in [-0.4, -0.2) is 19.5 Å². The lowest BCUT2D eigenvalue weighted by Gasteiger charge is -2.09. The SMILES string of the molecule is c1ccc(-n2c(-c3cccc4c3sc3ccccc34)nc3nccnc32)cc1. The molecule has 0 aliphatic rings. The Labute approximate surface area is 164 Å². The molecule has 0 unspecified atom stereocenters. The summed E-state index contributed by atoms with van der Waals surface area (Å²) in [4.78, 5) is 13.9. The van der Waals surface area contributed by atoms with Crippen molar-refractivity contribution in [2.24, 2.45) is 0 Å². The Morgan fingerprint density at radius 2 is 1.50 bits per heavy atom. The van der Waals surface area contributed by atoms with Crippen molar-refractivity contribution in [3.63, 3.8) is 0 Å². The number of rotatable bonds is 2. The Hall–Kier alpha value is -3.57. The Morgan fingerprint density at radius 3 is 2.43 bits per heavy atom. The van der Waals surface area contributed by atoms with Crippen molar-refractivity contribution in [3.8, 4) is 17.1 Å². The number of aromatic nitrogens is 4. The van der Waals surface area contributed by atoms with Crippen LogP contribution in [-0.2, 0) is 0 Å². The van der Waals surface area contributed by atoms with Crippen LogP contribution in [0.5, 0.6) is 0 Å². The number of nitrogens with zero attached hydrogens (tertiary/aromatic N) is 4. The molecule has 3 aromatic carbocycles. The van der Waals surface area contributed by atoms with Gasteiger partial charge in [-0.2, -0.15) is 0 Å². The molecule has 0 radical (unpaired) electrons. The van der Waals surface area contributed by atoms with Gasteiger partial charge in [0.15, 0.2) is 11.3 Å². The lowest BCUT2D eigenvalue weighted by Crippen LogP contribution is -1.98. The van der Waals surface area contributed by atoms with E-state index in [-0.39, 0.29) is 0 Å². The van der Waals surface area contributed by atoms with Crippen molar-refractivity contribution in [2.45, 2.75) is 0 Å². The number of benzene rings is 3. The third-order valence-corrected chi connectivity index (χ3v) is 6.18. The first-order valence-electron chi connectivity index (χ1n) is 9.06. The van der Waals surface area contributed by atoms with Gasteiger partial charge in [0.2, 0.25) is 0 Å². The lowest BCUT2D eigenvalue weighted by atomic mass is 10.1. The number of imidazole rings is 1. The molecule has 0 aliphatic heterocycles. The van der Waals surface area contributed by atoms with Gasteiger partial charge in [0, 0.05) is 43.8 Å². The Bertz CT molecular complexity index is 1460. The van der Waals surface area contributed by atoms with Crippen molar-refractivity contribution >= 4 is 42.8 Å². The van der Waals surface area contributed by atoms with Crippen LogP contribution in [0.25, 0.3) is 48.5 Å². The minimum atomic E-state index is 0.652. The maximum Gasteiger partial charge on any atom is 0.198 e. The fourth-order valence-corrected chi connectivity index (χ4v) is 4.95. The van der Waals surface area contributed by atoms with Gasteiger partial charge < -0.3 is 0 Å². The van der Waals surface area contributed by atoms with Gasteiger partial charge >= 0.3 is 0 Å². The maximum atomic E-state index is 4.88. The van der Waals surface area contributed by atoms with Gasteiger partial charge in [-0.3, -0.25) is 4.57 Å². The Balaban J connectivity index is 1.74. The van der Waals surface area contributed by atoms with Crippen molar-refractivity contribution in [1.29, 1.82) is 0 Å². The van der Waals surface area contributed by atoms with Crippen LogP contribution in [0.2, 0.25) is 0 Å². The van der Waals surface area contributed by atoms with Crippen LogP contribution < -0.4 is 0 Å². The molecule has 3 aromatic heterocycles. The fourth-order valence-electron chi connectivity index (χ4n) is 3.74. The van der Waals surface area contributed by atoms with Crippen LogP contribution in [0.1, 0.15) is 0 Å².